The molecular weight excluding hydrogens is 198 g/mol. The maximum absolute atomic E-state index is 8.65. The number of benzene rings is 2. The molecule has 0 heterocycles. The van der Waals surface area contributed by atoms with Crippen molar-refractivity contribution in [1.29, 1.82) is 5.26 Å². The Balaban J connectivity index is 1.98. The highest BCUT2D eigenvalue weighted by Crippen LogP contribution is 2.11. The van der Waals surface area contributed by atoms with Gasteiger partial charge in [-0.2, -0.15) is 5.26 Å². The molecule has 0 fully saturated rings. The highest BCUT2D eigenvalue weighted by Gasteiger charge is 1.95. The van der Waals surface area contributed by atoms with Crippen molar-refractivity contribution < 1.29 is 4.74 Å². The second-order valence-corrected chi connectivity index (χ2v) is 3.33. The minimum atomic E-state index is 0.510. The molecule has 2 rings (SSSR count). The van der Waals surface area contributed by atoms with Crippen LogP contribution in [0.1, 0.15) is 11.1 Å². The Bertz CT molecular complexity index is 482. The van der Waals surface area contributed by atoms with Crippen molar-refractivity contribution in [3.05, 3.63) is 65.7 Å². The lowest BCUT2D eigenvalue weighted by Crippen LogP contribution is -1.94. The first-order valence-electron chi connectivity index (χ1n) is 4.96. The number of nitrogens with zero attached hydrogens (tertiary/aromatic N) is 1. The summed E-state index contributed by atoms with van der Waals surface area (Å²) in [5, 5.41) is 8.65. The highest BCUT2D eigenvalue weighted by atomic mass is 16.5. The van der Waals surface area contributed by atoms with Crippen LogP contribution in [0.3, 0.4) is 0 Å². The molecule has 1 radical (unpaired) electrons. The number of ether oxygens (including phenoxy) is 1. The number of hydrogen-bond acceptors (Lipinski definition) is 2. The topological polar surface area (TPSA) is 33.0 Å². The molecule has 2 heteroatoms. The lowest BCUT2D eigenvalue weighted by Gasteiger charge is -2.05. The monoisotopic (exact) mass is 208 g/mol. The quantitative estimate of drug-likeness (QED) is 0.776. The molecule has 0 aliphatic heterocycles. The van der Waals surface area contributed by atoms with Gasteiger partial charge in [0.05, 0.1) is 11.6 Å². The Hall–Kier alpha value is -2.27. The van der Waals surface area contributed by atoms with Crippen molar-refractivity contribution in [3.63, 3.8) is 0 Å². The smallest absolute Gasteiger partial charge is 0.119 e. The van der Waals surface area contributed by atoms with Gasteiger partial charge in [0.15, 0.2) is 0 Å². The number of hydrogen-bond donors (Lipinski definition) is 0. The third-order valence-corrected chi connectivity index (χ3v) is 2.18. The van der Waals surface area contributed by atoms with Gasteiger partial charge in [0.1, 0.15) is 12.4 Å². The van der Waals surface area contributed by atoms with Gasteiger partial charge in [0, 0.05) is 0 Å². The van der Waals surface area contributed by atoms with Gasteiger partial charge in [-0.05, 0) is 35.9 Å². The summed E-state index contributed by atoms with van der Waals surface area (Å²) in [7, 11) is 0. The van der Waals surface area contributed by atoms with Crippen molar-refractivity contribution >= 4 is 0 Å². The molecule has 16 heavy (non-hydrogen) atoms. The van der Waals surface area contributed by atoms with E-state index in [1.165, 1.54) is 0 Å². The van der Waals surface area contributed by atoms with Gasteiger partial charge in [-0.3, -0.25) is 0 Å². The zero-order valence-electron chi connectivity index (χ0n) is 8.68. The third kappa shape index (κ3) is 2.61. The summed E-state index contributed by atoms with van der Waals surface area (Å²) in [5.41, 5.74) is 1.71. The van der Waals surface area contributed by atoms with Crippen LogP contribution >= 0.6 is 0 Å². The average molecular weight is 208 g/mol. The Morgan fingerprint density at radius 1 is 1.06 bits per heavy atom. The molecule has 2 aromatic rings. The Labute approximate surface area is 94.7 Å². The summed E-state index contributed by atoms with van der Waals surface area (Å²) in [5.74, 6) is 0.822. The predicted octanol–water partition coefficient (Wildman–Crippen LogP) is 2.94. The lowest BCUT2D eigenvalue weighted by atomic mass is 10.2. The van der Waals surface area contributed by atoms with E-state index in [1.807, 2.05) is 36.4 Å². The minimum absolute atomic E-state index is 0.510. The molecule has 0 aromatic heterocycles. The predicted molar refractivity (Wildman–Crippen MR) is 60.8 cm³/mol. The van der Waals surface area contributed by atoms with E-state index in [1.54, 1.807) is 12.1 Å². The summed E-state index contributed by atoms with van der Waals surface area (Å²) >= 11 is 0. The molecule has 0 atom stereocenters. The van der Waals surface area contributed by atoms with Crippen molar-refractivity contribution in [2.24, 2.45) is 0 Å². The van der Waals surface area contributed by atoms with E-state index in [-0.39, 0.29) is 0 Å². The van der Waals surface area contributed by atoms with Gasteiger partial charge in [-0.1, -0.05) is 24.3 Å². The van der Waals surface area contributed by atoms with Crippen LogP contribution in [-0.4, -0.2) is 0 Å². The maximum Gasteiger partial charge on any atom is 0.119 e. The summed E-state index contributed by atoms with van der Waals surface area (Å²) in [6.45, 7) is 0.510. The van der Waals surface area contributed by atoms with E-state index < -0.39 is 0 Å². The molecule has 0 N–H and O–H groups in total. The summed E-state index contributed by atoms with van der Waals surface area (Å²) in [4.78, 5) is 0. The van der Waals surface area contributed by atoms with Crippen LogP contribution < -0.4 is 4.74 Å². The molecule has 2 aromatic carbocycles. The van der Waals surface area contributed by atoms with Crippen LogP contribution in [-0.2, 0) is 6.61 Å². The molecule has 0 saturated carbocycles. The highest BCUT2D eigenvalue weighted by molar-refractivity contribution is 5.31. The number of nitriles is 1. The summed E-state index contributed by atoms with van der Waals surface area (Å²) < 4.78 is 5.56. The largest absolute Gasteiger partial charge is 0.489 e. The summed E-state index contributed by atoms with van der Waals surface area (Å²) in [6.07, 6.45) is 0. The molecule has 0 amide bonds. The van der Waals surface area contributed by atoms with Crippen LogP contribution in [0.25, 0.3) is 0 Å². The molecule has 0 unspecified atom stereocenters. The average Bonchev–Trinajstić information content (AvgIpc) is 2.38. The molecule has 0 spiro atoms. The zero-order valence-corrected chi connectivity index (χ0v) is 8.68. The van der Waals surface area contributed by atoms with Crippen molar-refractivity contribution in [2.45, 2.75) is 6.61 Å². The fraction of sp³-hybridized carbons (Fsp3) is 0.0714. The van der Waals surface area contributed by atoms with Crippen LogP contribution in [0.4, 0.5) is 0 Å². The van der Waals surface area contributed by atoms with E-state index in [2.05, 4.69) is 12.1 Å². The van der Waals surface area contributed by atoms with E-state index >= 15 is 0 Å². The van der Waals surface area contributed by atoms with Crippen LogP contribution in [0.5, 0.6) is 5.75 Å². The van der Waals surface area contributed by atoms with Gasteiger partial charge < -0.3 is 4.74 Å². The van der Waals surface area contributed by atoms with Gasteiger partial charge in [-0.25, -0.2) is 0 Å². The normalized spacial score (nSPS) is 9.44. The van der Waals surface area contributed by atoms with Gasteiger partial charge in [-0.15, -0.1) is 0 Å². The maximum atomic E-state index is 8.65. The van der Waals surface area contributed by atoms with Crippen molar-refractivity contribution in [3.8, 4) is 11.8 Å². The first-order valence-corrected chi connectivity index (χ1v) is 4.96. The SMILES string of the molecule is N#Cc1ccc(COc2cc[c]cc2)cc1. The summed E-state index contributed by atoms with van der Waals surface area (Å²) in [6, 6.07) is 19.7. The molecule has 2 nitrogen and oxygen atoms in total. The van der Waals surface area contributed by atoms with E-state index in [4.69, 9.17) is 10.00 Å². The van der Waals surface area contributed by atoms with E-state index in [9.17, 15) is 0 Å². The third-order valence-electron chi connectivity index (χ3n) is 2.18. The second kappa shape index (κ2) is 4.99. The van der Waals surface area contributed by atoms with Crippen LogP contribution in [0.15, 0.2) is 48.5 Å². The first kappa shape index (κ1) is 10.3. The lowest BCUT2D eigenvalue weighted by molar-refractivity contribution is 0.306. The molecule has 0 aliphatic rings. The Kier molecular flexibility index (Phi) is 3.20. The van der Waals surface area contributed by atoms with Gasteiger partial charge in [0.25, 0.3) is 0 Å². The van der Waals surface area contributed by atoms with Gasteiger partial charge >= 0.3 is 0 Å². The molecule has 0 saturated heterocycles. The van der Waals surface area contributed by atoms with Crippen LogP contribution in [0.2, 0.25) is 0 Å². The molecular formula is C14H10NO. The van der Waals surface area contributed by atoms with Crippen molar-refractivity contribution in [2.75, 3.05) is 0 Å². The molecule has 77 valence electrons. The Morgan fingerprint density at radius 3 is 2.38 bits per heavy atom. The Morgan fingerprint density at radius 2 is 1.75 bits per heavy atom. The fourth-order valence-electron chi connectivity index (χ4n) is 1.31. The standard InChI is InChI=1S/C14H10NO/c15-10-12-6-8-13(9-7-12)11-16-14-4-2-1-3-5-14/h2-9H,11H2. The second-order valence-electron chi connectivity index (χ2n) is 3.33. The van der Waals surface area contributed by atoms with Crippen LogP contribution in [0, 0.1) is 17.4 Å². The van der Waals surface area contributed by atoms with Gasteiger partial charge in [0.2, 0.25) is 0 Å². The van der Waals surface area contributed by atoms with E-state index in [0.717, 1.165) is 11.3 Å². The number of rotatable bonds is 3. The fourth-order valence-corrected chi connectivity index (χ4v) is 1.31. The first-order chi connectivity index (χ1) is 7.88. The molecule has 0 aliphatic carbocycles. The zero-order chi connectivity index (χ0) is 11.2. The van der Waals surface area contributed by atoms with Crippen molar-refractivity contribution in [1.82, 2.24) is 0 Å². The molecule has 0 bridgehead atoms. The van der Waals surface area contributed by atoms with E-state index in [0.29, 0.717) is 12.2 Å². The minimum Gasteiger partial charge on any atom is -0.489 e.